The van der Waals surface area contributed by atoms with E-state index in [1.54, 1.807) is 26.3 Å². The minimum atomic E-state index is -0.0755. The monoisotopic (exact) mass is 226 g/mol. The van der Waals surface area contributed by atoms with Gasteiger partial charge >= 0.3 is 0 Å². The molecule has 0 atom stereocenters. The first-order chi connectivity index (χ1) is 7.72. The number of aliphatic imine (C=N–C) groups is 1. The van der Waals surface area contributed by atoms with E-state index in [1.807, 2.05) is 7.05 Å². The van der Waals surface area contributed by atoms with E-state index in [4.69, 9.17) is 0 Å². The van der Waals surface area contributed by atoms with Gasteiger partial charge in [0.2, 0.25) is 5.91 Å². The van der Waals surface area contributed by atoms with Crippen molar-refractivity contribution in [1.82, 2.24) is 16.0 Å². The molecular weight excluding hydrogens is 204 g/mol. The maximum atomic E-state index is 11.1. The summed E-state index contributed by atoms with van der Waals surface area (Å²) >= 11 is 0. The molecule has 3 N–H and O–H groups in total. The van der Waals surface area contributed by atoms with Crippen molar-refractivity contribution >= 4 is 12.1 Å². The minimum Gasteiger partial charge on any atom is -0.355 e. The van der Waals surface area contributed by atoms with Crippen LogP contribution in [0.4, 0.5) is 0 Å². The molecule has 5 heteroatoms. The molecular formula is C11H22N4O. The van der Waals surface area contributed by atoms with E-state index in [-0.39, 0.29) is 5.91 Å². The van der Waals surface area contributed by atoms with Crippen molar-refractivity contribution in [2.24, 2.45) is 4.99 Å². The topological polar surface area (TPSA) is 65.5 Å². The highest BCUT2D eigenvalue weighted by Gasteiger charge is 1.96. The van der Waals surface area contributed by atoms with Gasteiger partial charge in [0, 0.05) is 18.8 Å². The second-order valence-corrected chi connectivity index (χ2v) is 3.38. The van der Waals surface area contributed by atoms with Gasteiger partial charge < -0.3 is 10.6 Å². The first kappa shape index (κ1) is 14.8. The first-order valence-corrected chi connectivity index (χ1v) is 5.46. The summed E-state index contributed by atoms with van der Waals surface area (Å²) in [5, 5.41) is 8.79. The maximum Gasteiger partial charge on any atom is 0.246 e. The molecule has 0 saturated carbocycles. The van der Waals surface area contributed by atoms with Crippen LogP contribution in [0.3, 0.4) is 0 Å². The molecule has 0 fully saturated rings. The zero-order valence-electron chi connectivity index (χ0n) is 10.3. The van der Waals surface area contributed by atoms with Crippen molar-refractivity contribution in [3.05, 3.63) is 11.6 Å². The molecule has 0 radical (unpaired) electrons. The van der Waals surface area contributed by atoms with Gasteiger partial charge in [-0.05, 0) is 39.6 Å². The van der Waals surface area contributed by atoms with Gasteiger partial charge in [0.25, 0.3) is 0 Å². The lowest BCUT2D eigenvalue weighted by molar-refractivity contribution is -0.116. The van der Waals surface area contributed by atoms with E-state index in [1.165, 1.54) is 0 Å². The summed E-state index contributed by atoms with van der Waals surface area (Å²) in [5.74, 6) is -0.0755. The van der Waals surface area contributed by atoms with Crippen LogP contribution < -0.4 is 16.0 Å². The lowest BCUT2D eigenvalue weighted by Gasteiger charge is -2.00. The van der Waals surface area contributed by atoms with Gasteiger partial charge in [0.05, 0.1) is 6.67 Å². The molecule has 92 valence electrons. The lowest BCUT2D eigenvalue weighted by Crippen LogP contribution is -2.20. The largest absolute Gasteiger partial charge is 0.355 e. The minimum absolute atomic E-state index is 0.0755. The van der Waals surface area contributed by atoms with Crippen LogP contribution in [0, 0.1) is 0 Å². The molecule has 0 aliphatic carbocycles. The number of likely N-dealkylation sites (N-methyl/N-ethyl adjacent to an activating group) is 1. The second kappa shape index (κ2) is 10.3. The van der Waals surface area contributed by atoms with E-state index in [0.29, 0.717) is 12.2 Å². The van der Waals surface area contributed by atoms with Crippen LogP contribution in [0.2, 0.25) is 0 Å². The molecule has 0 aromatic rings. The average molecular weight is 226 g/mol. The van der Waals surface area contributed by atoms with Gasteiger partial charge in [-0.2, -0.15) is 0 Å². The molecule has 0 aromatic heterocycles. The Hall–Kier alpha value is -1.20. The fourth-order valence-corrected chi connectivity index (χ4v) is 1.02. The maximum absolute atomic E-state index is 11.1. The van der Waals surface area contributed by atoms with Crippen molar-refractivity contribution in [2.45, 2.75) is 13.3 Å². The number of nitrogens with one attached hydrogen (secondary N) is 3. The molecule has 0 saturated heterocycles. The molecule has 0 heterocycles. The molecule has 0 aliphatic rings. The third-order valence-electron chi connectivity index (χ3n) is 2.00. The fourth-order valence-electron chi connectivity index (χ4n) is 1.02. The van der Waals surface area contributed by atoms with Gasteiger partial charge in [-0.3, -0.25) is 15.1 Å². The van der Waals surface area contributed by atoms with Gasteiger partial charge in [-0.1, -0.05) is 0 Å². The van der Waals surface area contributed by atoms with Crippen LogP contribution in [0.5, 0.6) is 0 Å². The third kappa shape index (κ3) is 8.14. The molecule has 0 spiro atoms. The number of allylic oxidation sites excluding steroid dienone is 1. The van der Waals surface area contributed by atoms with Gasteiger partial charge in [-0.25, -0.2) is 0 Å². The highest BCUT2D eigenvalue weighted by atomic mass is 16.1. The summed E-state index contributed by atoms with van der Waals surface area (Å²) in [6, 6.07) is 0. The molecule has 1 amide bonds. The summed E-state index contributed by atoms with van der Waals surface area (Å²) in [6.45, 7) is 4.29. The van der Waals surface area contributed by atoms with Crippen LogP contribution in [0.15, 0.2) is 16.6 Å². The molecule has 0 aliphatic heterocycles. The normalized spacial score (nSPS) is 12.1. The number of carbonyl (C=O) groups excluding carboxylic acids is 1. The standard InChI is InChI=1S/C11H22N4O/c1-10(11(16)13-3)5-8-15-9-14-7-4-6-12-2/h5,8,12,14H,4,6-7,9H2,1-3H3,(H,13,16)/b10-5+,15-8-. The molecule has 0 rings (SSSR count). The summed E-state index contributed by atoms with van der Waals surface area (Å²) in [6.07, 6.45) is 4.43. The smallest absolute Gasteiger partial charge is 0.246 e. The van der Waals surface area contributed by atoms with Crippen LogP contribution >= 0.6 is 0 Å². The summed E-state index contributed by atoms with van der Waals surface area (Å²) < 4.78 is 0. The molecule has 0 aromatic carbocycles. The summed E-state index contributed by atoms with van der Waals surface area (Å²) in [5.41, 5.74) is 0.654. The number of carbonyl (C=O) groups is 1. The Bertz CT molecular complexity index is 248. The van der Waals surface area contributed by atoms with Crippen LogP contribution in [-0.4, -0.2) is 46.0 Å². The van der Waals surface area contributed by atoms with Crippen LogP contribution in [0.25, 0.3) is 0 Å². The van der Waals surface area contributed by atoms with Crippen molar-refractivity contribution in [3.8, 4) is 0 Å². The number of hydrogen-bond donors (Lipinski definition) is 3. The Labute approximate surface area is 97.4 Å². The molecule has 0 unspecified atom stereocenters. The van der Waals surface area contributed by atoms with Crippen molar-refractivity contribution in [2.75, 3.05) is 33.9 Å². The highest BCUT2D eigenvalue weighted by Crippen LogP contribution is 1.88. The average Bonchev–Trinajstić information content (AvgIpc) is 2.31. The summed E-state index contributed by atoms with van der Waals surface area (Å²) in [7, 11) is 3.55. The SMILES string of the molecule is CNCCCNC/N=C\C=C(/C)C(=O)NC. The Morgan fingerprint density at radius 2 is 2.06 bits per heavy atom. The third-order valence-corrected chi connectivity index (χ3v) is 2.00. The van der Waals surface area contributed by atoms with E-state index in [2.05, 4.69) is 20.9 Å². The number of nitrogens with zero attached hydrogens (tertiary/aromatic N) is 1. The highest BCUT2D eigenvalue weighted by molar-refractivity contribution is 5.96. The Kier molecular flexibility index (Phi) is 9.55. The number of rotatable bonds is 8. The Balaban J connectivity index is 3.57. The Morgan fingerprint density at radius 3 is 2.69 bits per heavy atom. The predicted octanol–water partition coefficient (Wildman–Crippen LogP) is -0.0939. The van der Waals surface area contributed by atoms with E-state index < -0.39 is 0 Å². The molecule has 0 bridgehead atoms. The molecule has 16 heavy (non-hydrogen) atoms. The molecule has 5 nitrogen and oxygen atoms in total. The number of hydrogen-bond acceptors (Lipinski definition) is 4. The zero-order chi connectivity index (χ0) is 12.2. The first-order valence-electron chi connectivity index (χ1n) is 5.46. The quantitative estimate of drug-likeness (QED) is 0.308. The van der Waals surface area contributed by atoms with Crippen molar-refractivity contribution in [1.29, 1.82) is 0 Å². The zero-order valence-corrected chi connectivity index (χ0v) is 10.3. The number of amides is 1. The predicted molar refractivity (Wildman–Crippen MR) is 67.7 cm³/mol. The van der Waals surface area contributed by atoms with Gasteiger partial charge in [0.15, 0.2) is 0 Å². The van der Waals surface area contributed by atoms with E-state index >= 15 is 0 Å². The van der Waals surface area contributed by atoms with Crippen molar-refractivity contribution < 1.29 is 4.79 Å². The van der Waals surface area contributed by atoms with E-state index in [0.717, 1.165) is 19.5 Å². The van der Waals surface area contributed by atoms with Gasteiger partial charge in [0.1, 0.15) is 0 Å². The second-order valence-electron chi connectivity index (χ2n) is 3.38. The van der Waals surface area contributed by atoms with Crippen LogP contribution in [-0.2, 0) is 4.79 Å². The van der Waals surface area contributed by atoms with E-state index in [9.17, 15) is 4.79 Å². The fraction of sp³-hybridized carbons (Fsp3) is 0.636. The van der Waals surface area contributed by atoms with Crippen LogP contribution in [0.1, 0.15) is 13.3 Å². The Morgan fingerprint density at radius 1 is 1.31 bits per heavy atom. The van der Waals surface area contributed by atoms with Crippen molar-refractivity contribution in [3.63, 3.8) is 0 Å². The van der Waals surface area contributed by atoms with Gasteiger partial charge in [-0.15, -0.1) is 0 Å². The lowest BCUT2D eigenvalue weighted by atomic mass is 10.3. The summed E-state index contributed by atoms with van der Waals surface area (Å²) in [4.78, 5) is 15.2.